The third-order valence-electron chi connectivity index (χ3n) is 4.64. The minimum absolute atomic E-state index is 0.0311. The van der Waals surface area contributed by atoms with E-state index >= 15 is 0 Å². The van der Waals surface area contributed by atoms with Crippen LogP contribution in [0.2, 0.25) is 0 Å². The Morgan fingerprint density at radius 1 is 1.47 bits per heavy atom. The molecule has 0 aromatic rings. The van der Waals surface area contributed by atoms with Gasteiger partial charge in [-0.3, -0.25) is 4.79 Å². The molecule has 19 heavy (non-hydrogen) atoms. The van der Waals surface area contributed by atoms with Crippen LogP contribution in [-0.2, 0) is 9.53 Å². The van der Waals surface area contributed by atoms with Crippen molar-refractivity contribution in [2.75, 3.05) is 24.7 Å². The smallest absolute Gasteiger partial charge is 0.136 e. The first-order valence-corrected chi connectivity index (χ1v) is 8.75. The SMILES string of the molecule is CC(CN)CCC(=O)C1CCOC2(CCSCC2)C1. The number of thioether (sulfide) groups is 1. The van der Waals surface area contributed by atoms with Crippen molar-refractivity contribution in [3.63, 3.8) is 0 Å². The molecule has 4 heteroatoms. The number of rotatable bonds is 5. The molecule has 2 rings (SSSR count). The maximum atomic E-state index is 12.3. The summed E-state index contributed by atoms with van der Waals surface area (Å²) in [5, 5.41) is 0. The second kappa shape index (κ2) is 7.09. The van der Waals surface area contributed by atoms with E-state index in [1.54, 1.807) is 0 Å². The van der Waals surface area contributed by atoms with Crippen LogP contribution < -0.4 is 5.73 Å². The molecule has 2 N–H and O–H groups in total. The summed E-state index contributed by atoms with van der Waals surface area (Å²) >= 11 is 2.01. The highest BCUT2D eigenvalue weighted by molar-refractivity contribution is 7.99. The molecule has 1 spiro atoms. The van der Waals surface area contributed by atoms with E-state index in [0.29, 0.717) is 24.7 Å². The average Bonchev–Trinajstić information content (AvgIpc) is 2.45. The van der Waals surface area contributed by atoms with Gasteiger partial charge in [0, 0.05) is 18.9 Å². The summed E-state index contributed by atoms with van der Waals surface area (Å²) < 4.78 is 6.05. The lowest BCUT2D eigenvalue weighted by molar-refractivity contribution is -0.138. The molecule has 2 saturated heterocycles. The fraction of sp³-hybridized carbons (Fsp3) is 0.933. The van der Waals surface area contributed by atoms with E-state index in [0.717, 1.165) is 38.7 Å². The molecule has 110 valence electrons. The number of ether oxygens (including phenoxy) is 1. The van der Waals surface area contributed by atoms with Crippen molar-refractivity contribution in [1.82, 2.24) is 0 Å². The van der Waals surface area contributed by atoms with Crippen LogP contribution in [0, 0.1) is 11.8 Å². The standard InChI is InChI=1S/C15H27NO2S/c1-12(11-16)2-3-14(17)13-4-7-18-15(10-13)5-8-19-9-6-15/h12-13H,2-11,16H2,1H3. The fourth-order valence-corrected chi connectivity index (χ4v) is 4.34. The van der Waals surface area contributed by atoms with Gasteiger partial charge in [-0.1, -0.05) is 6.92 Å². The van der Waals surface area contributed by atoms with Gasteiger partial charge in [0.25, 0.3) is 0 Å². The van der Waals surface area contributed by atoms with Gasteiger partial charge in [0.05, 0.1) is 5.60 Å². The van der Waals surface area contributed by atoms with Crippen LogP contribution in [0.5, 0.6) is 0 Å². The van der Waals surface area contributed by atoms with E-state index in [1.807, 2.05) is 11.8 Å². The number of carbonyl (C=O) groups excluding carboxylic acids is 1. The number of carbonyl (C=O) groups is 1. The van der Waals surface area contributed by atoms with Gasteiger partial charge in [-0.15, -0.1) is 0 Å². The van der Waals surface area contributed by atoms with Crippen molar-refractivity contribution in [1.29, 1.82) is 0 Å². The van der Waals surface area contributed by atoms with E-state index < -0.39 is 0 Å². The van der Waals surface area contributed by atoms with Crippen LogP contribution >= 0.6 is 11.8 Å². The number of hydrogen-bond donors (Lipinski definition) is 1. The molecule has 2 atom stereocenters. The normalized spacial score (nSPS) is 28.2. The summed E-state index contributed by atoms with van der Waals surface area (Å²) in [7, 11) is 0. The minimum Gasteiger partial charge on any atom is -0.375 e. The number of nitrogens with two attached hydrogens (primary N) is 1. The summed E-state index contributed by atoms with van der Waals surface area (Å²) in [5.41, 5.74) is 5.65. The Bertz CT molecular complexity index is 297. The lowest BCUT2D eigenvalue weighted by Gasteiger charge is -2.43. The van der Waals surface area contributed by atoms with Gasteiger partial charge in [-0.2, -0.15) is 11.8 Å². The van der Waals surface area contributed by atoms with Crippen LogP contribution in [0.4, 0.5) is 0 Å². The van der Waals surface area contributed by atoms with Crippen molar-refractivity contribution in [3.8, 4) is 0 Å². The van der Waals surface area contributed by atoms with E-state index in [-0.39, 0.29) is 11.5 Å². The highest BCUT2D eigenvalue weighted by atomic mass is 32.2. The molecule has 0 aromatic heterocycles. The second-order valence-corrected chi connectivity index (χ2v) is 7.40. The monoisotopic (exact) mass is 285 g/mol. The summed E-state index contributed by atoms with van der Waals surface area (Å²) in [4.78, 5) is 12.3. The fourth-order valence-electron chi connectivity index (χ4n) is 3.11. The first-order chi connectivity index (χ1) is 9.15. The molecule has 0 bridgehead atoms. The zero-order chi connectivity index (χ0) is 13.7. The molecular weight excluding hydrogens is 258 g/mol. The van der Waals surface area contributed by atoms with Crippen molar-refractivity contribution >= 4 is 17.5 Å². The van der Waals surface area contributed by atoms with Crippen molar-refractivity contribution in [3.05, 3.63) is 0 Å². The Kier molecular flexibility index (Phi) is 5.72. The van der Waals surface area contributed by atoms with Gasteiger partial charge in [-0.05, 0) is 56.1 Å². The molecular formula is C15H27NO2S. The maximum absolute atomic E-state index is 12.3. The Balaban J connectivity index is 1.84. The zero-order valence-electron chi connectivity index (χ0n) is 12.0. The summed E-state index contributed by atoms with van der Waals surface area (Å²) in [5.74, 6) is 3.52. The van der Waals surface area contributed by atoms with Crippen LogP contribution in [-0.4, -0.2) is 36.0 Å². The lowest BCUT2D eigenvalue weighted by atomic mass is 9.79. The predicted octanol–water partition coefficient (Wildman–Crippen LogP) is 2.62. The Morgan fingerprint density at radius 2 is 2.21 bits per heavy atom. The summed E-state index contributed by atoms with van der Waals surface area (Å²) in [6.45, 7) is 3.58. The molecule has 0 aromatic carbocycles. The molecule has 2 aliphatic heterocycles. The first-order valence-electron chi connectivity index (χ1n) is 7.60. The third-order valence-corrected chi connectivity index (χ3v) is 5.62. The van der Waals surface area contributed by atoms with Gasteiger partial charge in [0.15, 0.2) is 0 Å². The van der Waals surface area contributed by atoms with E-state index in [1.165, 1.54) is 11.5 Å². The van der Waals surface area contributed by atoms with Gasteiger partial charge in [0.1, 0.15) is 5.78 Å². The van der Waals surface area contributed by atoms with Crippen LogP contribution in [0.25, 0.3) is 0 Å². The first kappa shape index (κ1) is 15.3. The Hall–Kier alpha value is -0.0600. The van der Waals surface area contributed by atoms with Crippen molar-refractivity contribution in [2.24, 2.45) is 17.6 Å². The Morgan fingerprint density at radius 3 is 2.89 bits per heavy atom. The molecule has 0 aliphatic carbocycles. The highest BCUT2D eigenvalue weighted by Gasteiger charge is 2.40. The van der Waals surface area contributed by atoms with E-state index in [2.05, 4.69) is 6.92 Å². The van der Waals surface area contributed by atoms with Crippen molar-refractivity contribution in [2.45, 2.75) is 51.0 Å². The molecule has 2 heterocycles. The van der Waals surface area contributed by atoms with Crippen LogP contribution in [0.1, 0.15) is 45.4 Å². The van der Waals surface area contributed by atoms with Crippen LogP contribution in [0.15, 0.2) is 0 Å². The average molecular weight is 285 g/mol. The number of Topliss-reactive ketones (excluding diaryl/α,β-unsaturated/α-hetero) is 1. The topological polar surface area (TPSA) is 52.3 Å². The lowest BCUT2D eigenvalue weighted by Crippen LogP contribution is -2.44. The van der Waals surface area contributed by atoms with E-state index in [4.69, 9.17) is 10.5 Å². The minimum atomic E-state index is 0.0311. The Labute approximate surface area is 121 Å². The van der Waals surface area contributed by atoms with Crippen molar-refractivity contribution < 1.29 is 9.53 Å². The van der Waals surface area contributed by atoms with Gasteiger partial charge in [0.2, 0.25) is 0 Å². The molecule has 2 fully saturated rings. The summed E-state index contributed by atoms with van der Waals surface area (Å²) in [6, 6.07) is 0. The molecule has 0 saturated carbocycles. The second-order valence-electron chi connectivity index (χ2n) is 6.18. The molecule has 2 unspecified atom stereocenters. The van der Waals surface area contributed by atoms with E-state index in [9.17, 15) is 4.79 Å². The molecule has 0 radical (unpaired) electrons. The summed E-state index contributed by atoms with van der Waals surface area (Å²) in [6.07, 6.45) is 5.78. The van der Waals surface area contributed by atoms with Gasteiger partial charge < -0.3 is 10.5 Å². The third kappa shape index (κ3) is 4.20. The van der Waals surface area contributed by atoms with Crippen LogP contribution in [0.3, 0.4) is 0 Å². The highest BCUT2D eigenvalue weighted by Crippen LogP contribution is 2.40. The predicted molar refractivity (Wildman–Crippen MR) is 80.4 cm³/mol. The number of hydrogen-bond acceptors (Lipinski definition) is 4. The quantitative estimate of drug-likeness (QED) is 0.843. The molecule has 3 nitrogen and oxygen atoms in total. The zero-order valence-corrected chi connectivity index (χ0v) is 12.8. The number of ketones is 1. The van der Waals surface area contributed by atoms with Gasteiger partial charge in [-0.25, -0.2) is 0 Å². The largest absolute Gasteiger partial charge is 0.375 e. The molecule has 0 amide bonds. The maximum Gasteiger partial charge on any atom is 0.136 e. The molecule has 2 aliphatic rings. The van der Waals surface area contributed by atoms with Gasteiger partial charge >= 0.3 is 0 Å².